The van der Waals surface area contributed by atoms with Crippen LogP contribution in [0.1, 0.15) is 105 Å². The van der Waals surface area contributed by atoms with E-state index in [4.69, 9.17) is 4.74 Å². The lowest BCUT2D eigenvalue weighted by atomic mass is 9.55. The lowest BCUT2D eigenvalue weighted by Crippen LogP contribution is -2.39. The molecule has 0 saturated heterocycles. The van der Waals surface area contributed by atoms with E-state index in [9.17, 15) is 18.1 Å². The van der Waals surface area contributed by atoms with Gasteiger partial charge in [-0.1, -0.05) is 69.2 Å². The number of hydrogen-bond acceptors (Lipinski definition) is 4. The molecule has 32 heavy (non-hydrogen) atoms. The molecule has 0 aromatic heterocycles. The van der Waals surface area contributed by atoms with Gasteiger partial charge in [0.25, 0.3) is 10.1 Å². The van der Waals surface area contributed by atoms with Crippen molar-refractivity contribution in [2.24, 2.45) is 22.2 Å². The average Bonchev–Trinajstić information content (AvgIpc) is 2.53. The summed E-state index contributed by atoms with van der Waals surface area (Å²) in [5, 5.41) is 11.0. The Morgan fingerprint density at radius 1 is 1.00 bits per heavy atom. The lowest BCUT2D eigenvalue weighted by molar-refractivity contribution is 0.0776. The summed E-state index contributed by atoms with van der Waals surface area (Å²) < 4.78 is 40.4. The summed E-state index contributed by atoms with van der Waals surface area (Å²) in [6.45, 7) is 23.7. The Kier molecular flexibility index (Phi) is 8.57. The number of ether oxygens (including phenoxy) is 1. The number of hydrogen-bond donors (Lipinski definition) is 2. The van der Waals surface area contributed by atoms with Gasteiger partial charge in [0.15, 0.2) is 11.5 Å². The number of phenols is 1. The van der Waals surface area contributed by atoms with Gasteiger partial charge in [0.2, 0.25) is 0 Å². The van der Waals surface area contributed by atoms with E-state index in [2.05, 4.69) is 62.3 Å². The van der Waals surface area contributed by atoms with E-state index >= 15 is 0 Å². The third-order valence-corrected chi connectivity index (χ3v) is 7.31. The first kappa shape index (κ1) is 28.8. The van der Waals surface area contributed by atoms with E-state index in [1.807, 2.05) is 13.8 Å². The molecule has 0 fully saturated rings. The molecular formula is C26H46O5S. The van der Waals surface area contributed by atoms with Crippen LogP contribution in [-0.4, -0.2) is 25.2 Å². The van der Waals surface area contributed by atoms with Crippen LogP contribution in [0.5, 0.6) is 11.5 Å². The van der Waals surface area contributed by atoms with Crippen LogP contribution in [0.15, 0.2) is 4.90 Å². The Labute approximate surface area is 196 Å². The van der Waals surface area contributed by atoms with Gasteiger partial charge in [-0.15, -0.1) is 0 Å². The van der Waals surface area contributed by atoms with E-state index in [0.29, 0.717) is 23.5 Å². The summed E-state index contributed by atoms with van der Waals surface area (Å²) in [6, 6.07) is 0. The predicted octanol–water partition coefficient (Wildman–Crippen LogP) is 7.14. The second-order valence-corrected chi connectivity index (χ2v) is 13.7. The molecule has 186 valence electrons. The van der Waals surface area contributed by atoms with Crippen molar-refractivity contribution in [1.29, 1.82) is 0 Å². The maximum absolute atomic E-state index is 12.5. The summed E-state index contributed by atoms with van der Waals surface area (Å²) in [6.07, 6.45) is 2.23. The Balaban J connectivity index is 4.22. The summed E-state index contributed by atoms with van der Waals surface area (Å²) in [5.41, 5.74) is 1.60. The van der Waals surface area contributed by atoms with Gasteiger partial charge in [0.05, 0.1) is 7.11 Å². The maximum atomic E-state index is 12.5. The van der Waals surface area contributed by atoms with Gasteiger partial charge in [-0.3, -0.25) is 4.55 Å². The van der Waals surface area contributed by atoms with Crippen molar-refractivity contribution in [1.82, 2.24) is 0 Å². The third-order valence-electron chi connectivity index (χ3n) is 6.37. The van der Waals surface area contributed by atoms with Crippen LogP contribution in [-0.2, 0) is 16.5 Å². The van der Waals surface area contributed by atoms with Crippen molar-refractivity contribution in [3.8, 4) is 11.5 Å². The van der Waals surface area contributed by atoms with Gasteiger partial charge in [-0.2, -0.15) is 8.42 Å². The van der Waals surface area contributed by atoms with Gasteiger partial charge in [0.1, 0.15) is 4.90 Å². The molecule has 2 N–H and O–H groups in total. The molecule has 1 atom stereocenters. The van der Waals surface area contributed by atoms with Crippen molar-refractivity contribution < 1.29 is 22.8 Å². The molecule has 0 bridgehead atoms. The van der Waals surface area contributed by atoms with Crippen LogP contribution in [0.25, 0.3) is 0 Å². The first-order chi connectivity index (χ1) is 14.2. The highest BCUT2D eigenvalue weighted by Gasteiger charge is 2.46. The highest BCUT2D eigenvalue weighted by atomic mass is 32.2. The second kappa shape index (κ2) is 9.54. The fourth-order valence-corrected chi connectivity index (χ4v) is 7.55. The van der Waals surface area contributed by atoms with Crippen LogP contribution in [0.2, 0.25) is 0 Å². The van der Waals surface area contributed by atoms with Gasteiger partial charge in [-0.05, 0) is 71.0 Å². The highest BCUT2D eigenvalue weighted by Crippen LogP contribution is 2.58. The summed E-state index contributed by atoms with van der Waals surface area (Å²) >= 11 is 0. The lowest BCUT2D eigenvalue weighted by Gasteiger charge is -2.49. The van der Waals surface area contributed by atoms with Gasteiger partial charge < -0.3 is 9.84 Å². The smallest absolute Gasteiger partial charge is 0.298 e. The van der Waals surface area contributed by atoms with Crippen LogP contribution in [0.3, 0.4) is 0 Å². The Hall–Kier alpha value is -1.27. The molecule has 0 aliphatic carbocycles. The molecule has 0 radical (unpaired) electrons. The van der Waals surface area contributed by atoms with Crippen molar-refractivity contribution >= 4 is 10.1 Å². The van der Waals surface area contributed by atoms with Crippen molar-refractivity contribution in [2.45, 2.75) is 106 Å². The van der Waals surface area contributed by atoms with Crippen molar-refractivity contribution in [2.75, 3.05) is 7.11 Å². The molecule has 1 rings (SSSR count). The van der Waals surface area contributed by atoms with Crippen LogP contribution in [0, 0.1) is 29.1 Å². The zero-order valence-corrected chi connectivity index (χ0v) is 23.1. The van der Waals surface area contributed by atoms with Gasteiger partial charge in [0, 0.05) is 0 Å². The number of benzene rings is 1. The molecule has 5 nitrogen and oxygen atoms in total. The molecular weight excluding hydrogens is 424 g/mol. The summed E-state index contributed by atoms with van der Waals surface area (Å²) in [5.74, 6) is -0.0241. The molecule has 0 amide bonds. The maximum Gasteiger partial charge on any atom is 0.298 e. The molecule has 0 spiro atoms. The van der Waals surface area contributed by atoms with Crippen molar-refractivity contribution in [3.05, 3.63) is 16.7 Å². The Bertz CT molecular complexity index is 919. The third kappa shape index (κ3) is 6.19. The predicted molar refractivity (Wildman–Crippen MR) is 132 cm³/mol. The van der Waals surface area contributed by atoms with Crippen LogP contribution in [0.4, 0.5) is 0 Å². The van der Waals surface area contributed by atoms with E-state index in [1.54, 1.807) is 0 Å². The van der Waals surface area contributed by atoms with E-state index in [0.717, 1.165) is 18.4 Å². The van der Waals surface area contributed by atoms with Crippen LogP contribution >= 0.6 is 0 Å². The topological polar surface area (TPSA) is 83.8 Å². The molecule has 1 aromatic rings. The van der Waals surface area contributed by atoms with Gasteiger partial charge in [-0.25, -0.2) is 0 Å². The van der Waals surface area contributed by atoms with Crippen molar-refractivity contribution in [3.63, 3.8) is 0 Å². The number of rotatable bonds is 9. The first-order valence-corrected chi connectivity index (χ1v) is 13.0. The Morgan fingerprint density at radius 3 is 1.84 bits per heavy atom. The first-order valence-electron chi connectivity index (χ1n) is 11.6. The Morgan fingerprint density at radius 2 is 1.50 bits per heavy atom. The number of phenolic OH excluding ortho intramolecular Hbond substituents is 1. The van der Waals surface area contributed by atoms with Gasteiger partial charge >= 0.3 is 0 Å². The minimum Gasteiger partial charge on any atom is -0.504 e. The molecule has 0 heterocycles. The standard InChI is InChI=1S/C26H46O5S/c1-13-18-19(17(4)20(27)21(31-12)22(18)32(28,29)30)23(25(8,9)14-16(2)3)26(10,11)15-24(5,6)7/h16,23,27H,13-15H2,1-12H3,(H,28,29,30). The fourth-order valence-electron chi connectivity index (χ4n) is 6.57. The minimum atomic E-state index is -4.62. The highest BCUT2D eigenvalue weighted by molar-refractivity contribution is 7.86. The van der Waals surface area contributed by atoms with E-state index in [1.165, 1.54) is 7.11 Å². The molecule has 0 aliphatic heterocycles. The number of aromatic hydroxyl groups is 1. The quantitative estimate of drug-likeness (QED) is 0.375. The second-order valence-electron chi connectivity index (χ2n) is 12.3. The fraction of sp³-hybridized carbons (Fsp3) is 0.769. The summed E-state index contributed by atoms with van der Waals surface area (Å²) in [4.78, 5) is -0.308. The molecule has 1 aromatic carbocycles. The normalized spacial score (nSPS) is 14.7. The largest absolute Gasteiger partial charge is 0.504 e. The average molecular weight is 471 g/mol. The van der Waals surface area contributed by atoms with E-state index < -0.39 is 10.1 Å². The summed E-state index contributed by atoms with van der Waals surface area (Å²) in [7, 11) is -3.31. The number of methoxy groups -OCH3 is 1. The van der Waals surface area contributed by atoms with Crippen LogP contribution < -0.4 is 4.74 Å². The monoisotopic (exact) mass is 470 g/mol. The molecule has 0 saturated carbocycles. The van der Waals surface area contributed by atoms with E-state index in [-0.39, 0.29) is 38.6 Å². The minimum absolute atomic E-state index is 0.0519. The zero-order valence-electron chi connectivity index (χ0n) is 22.3. The molecule has 0 aliphatic rings. The molecule has 6 heteroatoms. The molecule has 1 unspecified atom stereocenters. The zero-order chi connectivity index (χ0) is 25.4. The SMILES string of the molecule is CCc1c(C(C(C)(C)CC(C)C)C(C)(C)CC(C)(C)C)c(C)c(O)c(OC)c1S(=O)(=O)O.